The largest absolute Gasteiger partial charge is 0.442 e. The predicted octanol–water partition coefficient (Wildman–Crippen LogP) is 0.830. The molecule has 1 atom stereocenters. The smallest absolute Gasteiger partial charge is 0.359 e. The van der Waals surface area contributed by atoms with Crippen molar-refractivity contribution in [3.63, 3.8) is 0 Å². The van der Waals surface area contributed by atoms with E-state index in [2.05, 4.69) is 20.6 Å². The molecule has 0 radical (unpaired) electrons. The van der Waals surface area contributed by atoms with Gasteiger partial charge in [0.25, 0.3) is 5.91 Å². The van der Waals surface area contributed by atoms with Gasteiger partial charge in [-0.3, -0.25) is 15.1 Å². The van der Waals surface area contributed by atoms with Gasteiger partial charge in [-0.2, -0.15) is 0 Å². The molecule has 0 aliphatic carbocycles. The number of imide groups is 1. The Morgan fingerprint density at radius 3 is 2.48 bits per heavy atom. The third-order valence-corrected chi connectivity index (χ3v) is 2.80. The summed E-state index contributed by atoms with van der Waals surface area (Å²) in [5.74, 6) is -1.59. The highest BCUT2D eigenvalue weighted by Crippen LogP contribution is 2.19. The van der Waals surface area contributed by atoms with Crippen molar-refractivity contribution in [1.29, 1.82) is 0 Å². The van der Waals surface area contributed by atoms with Gasteiger partial charge in [-0.05, 0) is 0 Å². The van der Waals surface area contributed by atoms with Gasteiger partial charge < -0.3 is 10.1 Å². The van der Waals surface area contributed by atoms with Crippen LogP contribution in [0.5, 0.6) is 0 Å². The number of aromatic nitrogens is 2. The van der Waals surface area contributed by atoms with Gasteiger partial charge in [0.15, 0.2) is 5.69 Å². The van der Waals surface area contributed by atoms with Crippen LogP contribution in [0, 0.1) is 0 Å². The number of ether oxygens (including phenoxy) is 1. The second-order valence-corrected chi connectivity index (χ2v) is 4.36. The van der Waals surface area contributed by atoms with E-state index in [1.807, 2.05) is 0 Å². The lowest BCUT2D eigenvalue weighted by atomic mass is 10.1. The maximum atomic E-state index is 12.2. The van der Waals surface area contributed by atoms with E-state index in [1.54, 1.807) is 30.3 Å². The molecule has 0 aliphatic heterocycles. The van der Waals surface area contributed by atoms with E-state index in [-0.39, 0.29) is 5.69 Å². The first-order chi connectivity index (χ1) is 11.1. The van der Waals surface area contributed by atoms with E-state index >= 15 is 0 Å². The van der Waals surface area contributed by atoms with Crippen LogP contribution in [0.15, 0.2) is 48.9 Å². The molecule has 0 saturated heterocycles. The van der Waals surface area contributed by atoms with Crippen LogP contribution < -0.4 is 10.6 Å². The number of hydrogen-bond donors (Lipinski definition) is 2. The molecule has 0 saturated carbocycles. The average Bonchev–Trinajstić information content (AvgIpc) is 2.60. The van der Waals surface area contributed by atoms with Gasteiger partial charge in [-0.25, -0.2) is 14.6 Å². The van der Waals surface area contributed by atoms with Crippen LogP contribution in [0.25, 0.3) is 0 Å². The van der Waals surface area contributed by atoms with Crippen molar-refractivity contribution in [1.82, 2.24) is 20.6 Å². The van der Waals surface area contributed by atoms with Crippen LogP contribution in [-0.2, 0) is 9.53 Å². The number of hydrogen-bond acceptors (Lipinski definition) is 6. The van der Waals surface area contributed by atoms with Gasteiger partial charge in [0.1, 0.15) is 0 Å². The first-order valence-electron chi connectivity index (χ1n) is 6.66. The average molecular weight is 314 g/mol. The van der Waals surface area contributed by atoms with E-state index in [1.165, 1.54) is 25.6 Å². The van der Waals surface area contributed by atoms with Crippen molar-refractivity contribution in [3.8, 4) is 0 Å². The van der Waals surface area contributed by atoms with Gasteiger partial charge >= 0.3 is 12.0 Å². The number of urea groups is 1. The minimum atomic E-state index is -1.29. The summed E-state index contributed by atoms with van der Waals surface area (Å²) in [6.07, 6.45) is 2.67. The van der Waals surface area contributed by atoms with Crippen molar-refractivity contribution < 1.29 is 19.1 Å². The second kappa shape index (κ2) is 7.64. The number of amides is 3. The van der Waals surface area contributed by atoms with E-state index in [9.17, 15) is 14.4 Å². The van der Waals surface area contributed by atoms with Crippen molar-refractivity contribution >= 4 is 17.9 Å². The summed E-state index contributed by atoms with van der Waals surface area (Å²) in [5.41, 5.74) is 0.382. The maximum absolute atomic E-state index is 12.2. The molecule has 0 unspecified atom stereocenters. The summed E-state index contributed by atoms with van der Waals surface area (Å²) >= 11 is 0. The number of carbonyl (C=O) groups is 3. The maximum Gasteiger partial charge on any atom is 0.359 e. The molecule has 0 aliphatic rings. The van der Waals surface area contributed by atoms with Crippen molar-refractivity contribution in [2.24, 2.45) is 0 Å². The third-order valence-electron chi connectivity index (χ3n) is 2.80. The number of nitrogens with one attached hydrogen (secondary N) is 2. The standard InChI is InChI=1S/C15H14N4O4/c1-16-15(22)19-13(20)12(10-5-3-2-4-6-10)23-14(21)11-9-17-7-8-18-11/h2-9,12H,1H3,(H2,16,19,20,22)/t12-/m0/s1. The van der Waals surface area contributed by atoms with Crippen LogP contribution >= 0.6 is 0 Å². The zero-order valence-electron chi connectivity index (χ0n) is 12.2. The fourth-order valence-electron chi connectivity index (χ4n) is 1.71. The van der Waals surface area contributed by atoms with E-state index < -0.39 is 24.0 Å². The molecule has 0 spiro atoms. The topological polar surface area (TPSA) is 110 Å². The molecule has 2 rings (SSSR count). The molecular formula is C15H14N4O4. The Balaban J connectivity index is 2.22. The van der Waals surface area contributed by atoms with Gasteiger partial charge in [0.05, 0.1) is 6.20 Å². The Kier molecular flexibility index (Phi) is 5.35. The Bertz CT molecular complexity index is 691. The molecule has 2 N–H and O–H groups in total. The molecule has 8 heteroatoms. The number of rotatable bonds is 4. The molecule has 0 bridgehead atoms. The zero-order valence-corrected chi connectivity index (χ0v) is 12.2. The summed E-state index contributed by atoms with van der Waals surface area (Å²) in [5, 5.41) is 4.34. The van der Waals surface area contributed by atoms with E-state index in [0.29, 0.717) is 5.56 Å². The summed E-state index contributed by atoms with van der Waals surface area (Å²) in [6, 6.07) is 7.64. The molecule has 0 fully saturated rings. The molecule has 118 valence electrons. The van der Waals surface area contributed by atoms with Crippen LogP contribution in [0.1, 0.15) is 22.2 Å². The van der Waals surface area contributed by atoms with Crippen LogP contribution in [0.3, 0.4) is 0 Å². The van der Waals surface area contributed by atoms with Gasteiger partial charge in [-0.15, -0.1) is 0 Å². The van der Waals surface area contributed by atoms with Gasteiger partial charge in [0.2, 0.25) is 6.10 Å². The van der Waals surface area contributed by atoms with Crippen LogP contribution in [0.4, 0.5) is 4.79 Å². The van der Waals surface area contributed by atoms with Gasteiger partial charge in [-0.1, -0.05) is 30.3 Å². The van der Waals surface area contributed by atoms with Crippen molar-refractivity contribution in [2.75, 3.05) is 7.05 Å². The number of esters is 1. The monoisotopic (exact) mass is 314 g/mol. The minimum Gasteiger partial charge on any atom is -0.442 e. The lowest BCUT2D eigenvalue weighted by molar-refractivity contribution is -0.129. The number of carbonyl (C=O) groups excluding carboxylic acids is 3. The molecule has 1 aromatic carbocycles. The first-order valence-corrected chi connectivity index (χ1v) is 6.66. The highest BCUT2D eigenvalue weighted by Gasteiger charge is 2.27. The van der Waals surface area contributed by atoms with E-state index in [4.69, 9.17) is 4.74 Å². The van der Waals surface area contributed by atoms with E-state index in [0.717, 1.165) is 0 Å². The quantitative estimate of drug-likeness (QED) is 0.809. The van der Waals surface area contributed by atoms with Crippen molar-refractivity contribution in [3.05, 3.63) is 60.2 Å². The lowest BCUT2D eigenvalue weighted by Gasteiger charge is -2.17. The summed E-state index contributed by atoms with van der Waals surface area (Å²) in [7, 11) is 1.37. The normalized spacial score (nSPS) is 11.2. The SMILES string of the molecule is CNC(=O)NC(=O)[C@@H](OC(=O)c1cnccn1)c1ccccc1. The second-order valence-electron chi connectivity index (χ2n) is 4.36. The third kappa shape index (κ3) is 4.34. The number of nitrogens with zero attached hydrogens (tertiary/aromatic N) is 2. The molecule has 1 heterocycles. The fourth-order valence-corrected chi connectivity index (χ4v) is 1.71. The summed E-state index contributed by atoms with van der Waals surface area (Å²) in [6.45, 7) is 0. The fraction of sp³-hybridized carbons (Fsp3) is 0.133. The van der Waals surface area contributed by atoms with Crippen LogP contribution in [-0.4, -0.2) is 34.9 Å². The Morgan fingerprint density at radius 2 is 1.87 bits per heavy atom. The molecule has 1 aromatic heterocycles. The molecule has 2 aromatic rings. The molecule has 8 nitrogen and oxygen atoms in total. The first kappa shape index (κ1) is 16.1. The lowest BCUT2D eigenvalue weighted by Crippen LogP contribution is -2.41. The van der Waals surface area contributed by atoms with Crippen LogP contribution in [0.2, 0.25) is 0 Å². The minimum absolute atomic E-state index is 0.0406. The Labute approximate surface area is 131 Å². The summed E-state index contributed by atoms with van der Waals surface area (Å²) in [4.78, 5) is 43.2. The highest BCUT2D eigenvalue weighted by molar-refractivity contribution is 5.98. The van der Waals surface area contributed by atoms with Crippen molar-refractivity contribution in [2.45, 2.75) is 6.10 Å². The van der Waals surface area contributed by atoms with Gasteiger partial charge in [0, 0.05) is 25.0 Å². The molecule has 3 amide bonds. The Hall–Kier alpha value is -3.29. The Morgan fingerprint density at radius 1 is 1.13 bits per heavy atom. The zero-order chi connectivity index (χ0) is 16.7. The molecule has 23 heavy (non-hydrogen) atoms. The molecular weight excluding hydrogens is 300 g/mol. The summed E-state index contributed by atoms with van der Waals surface area (Å²) < 4.78 is 5.20. The predicted molar refractivity (Wildman–Crippen MR) is 79.2 cm³/mol. The highest BCUT2D eigenvalue weighted by atomic mass is 16.5. The number of benzene rings is 1.